The maximum Gasteiger partial charge on any atom is 0.523 e. The first-order valence-corrected chi connectivity index (χ1v) is 11.9. The lowest BCUT2D eigenvalue weighted by Crippen LogP contribution is -2.29. The summed E-state index contributed by atoms with van der Waals surface area (Å²) in [5, 5.41) is 0. The summed E-state index contributed by atoms with van der Waals surface area (Å²) in [4.78, 5) is 0. The Hall–Kier alpha value is -0.380. The molecular formula is C19H35F3O5S. The van der Waals surface area contributed by atoms with E-state index in [1.807, 2.05) is 0 Å². The second-order valence-electron chi connectivity index (χ2n) is 7.40. The quantitative estimate of drug-likeness (QED) is 0.187. The third-order valence-corrected chi connectivity index (χ3v) is 5.85. The van der Waals surface area contributed by atoms with Gasteiger partial charge in [-0.2, -0.15) is 21.6 Å². The van der Waals surface area contributed by atoms with E-state index in [1.54, 1.807) is 0 Å². The second kappa shape index (κ2) is 13.8. The maximum atomic E-state index is 12.2. The summed E-state index contributed by atoms with van der Waals surface area (Å²) in [7, 11) is -5.55. The molecule has 1 aliphatic heterocycles. The topological polar surface area (TPSA) is 61.8 Å². The zero-order valence-corrected chi connectivity index (χ0v) is 17.7. The summed E-state index contributed by atoms with van der Waals surface area (Å²) in [6, 6.07) is 0. The Morgan fingerprint density at radius 2 is 1.36 bits per heavy atom. The lowest BCUT2D eigenvalue weighted by atomic mass is 10.1. The molecule has 1 heterocycles. The van der Waals surface area contributed by atoms with Crippen LogP contribution >= 0.6 is 0 Å². The molecule has 0 bridgehead atoms. The molecule has 0 aromatic rings. The summed E-state index contributed by atoms with van der Waals surface area (Å²) >= 11 is 0. The van der Waals surface area contributed by atoms with E-state index in [0.29, 0.717) is 26.1 Å². The van der Waals surface area contributed by atoms with E-state index in [9.17, 15) is 21.6 Å². The summed E-state index contributed by atoms with van der Waals surface area (Å²) in [5.74, 6) is 0. The Bertz CT molecular complexity index is 496. The number of hydrogen-bond donors (Lipinski definition) is 0. The van der Waals surface area contributed by atoms with Gasteiger partial charge in [0, 0.05) is 6.61 Å². The molecule has 9 heteroatoms. The van der Waals surface area contributed by atoms with E-state index in [4.69, 9.17) is 9.47 Å². The van der Waals surface area contributed by atoms with Crippen LogP contribution in [0.5, 0.6) is 0 Å². The summed E-state index contributed by atoms with van der Waals surface area (Å²) < 4.78 is 73.4. The monoisotopic (exact) mass is 432 g/mol. The first-order chi connectivity index (χ1) is 13.3. The van der Waals surface area contributed by atoms with Crippen molar-refractivity contribution in [3.63, 3.8) is 0 Å². The fourth-order valence-corrected chi connectivity index (χ4v) is 3.63. The summed E-state index contributed by atoms with van der Waals surface area (Å²) in [6.45, 7) is 2.62. The van der Waals surface area contributed by atoms with Crippen molar-refractivity contribution in [2.75, 3.05) is 19.8 Å². The molecule has 1 saturated heterocycles. The number of hydrogen-bond acceptors (Lipinski definition) is 5. The van der Waals surface area contributed by atoms with Gasteiger partial charge in [-0.1, -0.05) is 64.7 Å². The van der Waals surface area contributed by atoms with Crippen molar-refractivity contribution >= 4 is 10.1 Å². The van der Waals surface area contributed by atoms with Gasteiger partial charge in [0.05, 0.1) is 25.4 Å². The SMILES string of the molecule is CCCCCCCCCCCCOC[C@H]1CC[C@@H](COS(=O)(=O)C(F)(F)F)O1. The van der Waals surface area contributed by atoms with Crippen LogP contribution in [0, 0.1) is 0 Å². The molecule has 1 aliphatic rings. The highest BCUT2D eigenvalue weighted by atomic mass is 32.2. The van der Waals surface area contributed by atoms with E-state index in [0.717, 1.165) is 12.8 Å². The van der Waals surface area contributed by atoms with Gasteiger partial charge < -0.3 is 9.47 Å². The normalized spacial score (nSPS) is 20.7. The molecule has 0 aromatic carbocycles. The molecule has 0 amide bonds. The molecule has 1 fully saturated rings. The number of alkyl halides is 3. The average Bonchev–Trinajstić information content (AvgIpc) is 3.08. The van der Waals surface area contributed by atoms with Crippen LogP contribution < -0.4 is 0 Å². The van der Waals surface area contributed by atoms with Crippen LogP contribution in [0.1, 0.15) is 84.0 Å². The van der Waals surface area contributed by atoms with Crippen molar-refractivity contribution in [1.82, 2.24) is 0 Å². The van der Waals surface area contributed by atoms with Gasteiger partial charge in [-0.15, -0.1) is 0 Å². The second-order valence-corrected chi connectivity index (χ2v) is 9.01. The molecule has 2 atom stereocenters. The Morgan fingerprint density at radius 1 is 0.857 bits per heavy atom. The minimum absolute atomic E-state index is 0.217. The standard InChI is InChI=1S/C19H35F3O5S/c1-2-3-4-5-6-7-8-9-10-11-14-25-15-17-12-13-18(27-17)16-26-28(23,24)19(20,21)22/h17-18H,2-16H2,1H3/t17-,18+/m1/s1. The molecule has 0 N–H and O–H groups in total. The minimum Gasteiger partial charge on any atom is -0.379 e. The highest BCUT2D eigenvalue weighted by molar-refractivity contribution is 7.87. The van der Waals surface area contributed by atoms with E-state index in [-0.39, 0.29) is 6.10 Å². The van der Waals surface area contributed by atoms with Gasteiger partial charge in [0.25, 0.3) is 0 Å². The minimum atomic E-state index is -5.55. The Morgan fingerprint density at radius 3 is 1.89 bits per heavy atom. The van der Waals surface area contributed by atoms with Crippen molar-refractivity contribution in [3.05, 3.63) is 0 Å². The third-order valence-electron chi connectivity index (χ3n) is 4.83. The van der Waals surface area contributed by atoms with E-state index in [1.165, 1.54) is 51.4 Å². The molecule has 0 aliphatic carbocycles. The molecule has 1 rings (SSSR count). The van der Waals surface area contributed by atoms with E-state index in [2.05, 4.69) is 11.1 Å². The lowest BCUT2D eigenvalue weighted by molar-refractivity contribution is -0.0613. The molecule has 168 valence electrons. The zero-order chi connectivity index (χ0) is 20.9. The number of rotatable bonds is 16. The largest absolute Gasteiger partial charge is 0.523 e. The van der Waals surface area contributed by atoms with Gasteiger partial charge in [-0.25, -0.2) is 0 Å². The van der Waals surface area contributed by atoms with Crippen LogP contribution in [0.25, 0.3) is 0 Å². The number of ether oxygens (including phenoxy) is 2. The van der Waals surface area contributed by atoms with Gasteiger partial charge in [0.2, 0.25) is 0 Å². The van der Waals surface area contributed by atoms with Gasteiger partial charge in [-0.05, 0) is 19.3 Å². The molecule has 28 heavy (non-hydrogen) atoms. The fraction of sp³-hybridized carbons (Fsp3) is 1.00. The maximum absolute atomic E-state index is 12.2. The Labute approximate surface area is 167 Å². The van der Waals surface area contributed by atoms with Crippen LogP contribution in [0.4, 0.5) is 13.2 Å². The molecular weight excluding hydrogens is 397 g/mol. The average molecular weight is 433 g/mol. The third kappa shape index (κ3) is 11.0. The van der Waals surface area contributed by atoms with Crippen LogP contribution in [0.2, 0.25) is 0 Å². The Kier molecular flexibility index (Phi) is 12.6. The van der Waals surface area contributed by atoms with Crippen LogP contribution in [-0.2, 0) is 23.8 Å². The van der Waals surface area contributed by atoms with Crippen molar-refractivity contribution < 1.29 is 35.2 Å². The summed E-state index contributed by atoms with van der Waals surface area (Å²) in [6.07, 6.45) is 12.7. The fourth-order valence-electron chi connectivity index (χ4n) is 3.16. The van der Waals surface area contributed by atoms with Crippen LogP contribution in [0.15, 0.2) is 0 Å². The smallest absolute Gasteiger partial charge is 0.379 e. The molecule has 0 unspecified atom stereocenters. The van der Waals surface area contributed by atoms with E-state index < -0.39 is 28.3 Å². The van der Waals surface area contributed by atoms with Gasteiger partial charge in [0.15, 0.2) is 0 Å². The number of unbranched alkanes of at least 4 members (excludes halogenated alkanes) is 9. The summed E-state index contributed by atoms with van der Waals surface area (Å²) in [5.41, 5.74) is -5.40. The molecule has 0 aromatic heterocycles. The first kappa shape index (κ1) is 25.7. The lowest BCUT2D eigenvalue weighted by Gasteiger charge is -2.15. The van der Waals surface area contributed by atoms with E-state index >= 15 is 0 Å². The molecule has 0 spiro atoms. The molecule has 0 saturated carbocycles. The predicted octanol–water partition coefficient (Wildman–Crippen LogP) is 5.34. The Balaban J connectivity index is 1.95. The predicted molar refractivity (Wildman–Crippen MR) is 101 cm³/mol. The molecule has 0 radical (unpaired) electrons. The van der Waals surface area contributed by atoms with Crippen molar-refractivity contribution in [3.8, 4) is 0 Å². The highest BCUT2D eigenvalue weighted by Crippen LogP contribution is 2.27. The molecule has 5 nitrogen and oxygen atoms in total. The van der Waals surface area contributed by atoms with Crippen molar-refractivity contribution in [1.29, 1.82) is 0 Å². The van der Waals surface area contributed by atoms with Gasteiger partial charge in [0.1, 0.15) is 0 Å². The van der Waals surface area contributed by atoms with Crippen LogP contribution in [-0.4, -0.2) is 46.0 Å². The van der Waals surface area contributed by atoms with Crippen molar-refractivity contribution in [2.24, 2.45) is 0 Å². The number of halogens is 3. The highest BCUT2D eigenvalue weighted by Gasteiger charge is 2.47. The zero-order valence-electron chi connectivity index (χ0n) is 16.8. The van der Waals surface area contributed by atoms with Gasteiger partial charge >= 0.3 is 15.6 Å². The van der Waals surface area contributed by atoms with Crippen LogP contribution in [0.3, 0.4) is 0 Å². The first-order valence-electron chi connectivity index (χ1n) is 10.4. The van der Waals surface area contributed by atoms with Crippen molar-refractivity contribution in [2.45, 2.75) is 102 Å². The van der Waals surface area contributed by atoms with Gasteiger partial charge in [-0.3, -0.25) is 4.18 Å².